The molecule has 1 fully saturated rings. The number of rotatable bonds is 1. The van der Waals surface area contributed by atoms with Crippen molar-refractivity contribution < 1.29 is 4.79 Å². The number of nitrogens with zero attached hydrogens (tertiary/aromatic N) is 1. The van der Waals surface area contributed by atoms with Crippen LogP contribution in [0.5, 0.6) is 0 Å². The molecular formula is C13H17BrN2O. The van der Waals surface area contributed by atoms with Crippen molar-refractivity contribution in [1.29, 1.82) is 0 Å². The van der Waals surface area contributed by atoms with E-state index < -0.39 is 0 Å². The van der Waals surface area contributed by atoms with Gasteiger partial charge in [0.2, 0.25) is 0 Å². The Kier molecular flexibility index (Phi) is 3.84. The molecule has 1 amide bonds. The Hall–Kier alpha value is -0.870. The zero-order valence-corrected chi connectivity index (χ0v) is 11.7. The molecule has 0 saturated carbocycles. The van der Waals surface area contributed by atoms with Gasteiger partial charge in [-0.3, -0.25) is 4.79 Å². The first-order chi connectivity index (χ1) is 8.08. The van der Waals surface area contributed by atoms with Gasteiger partial charge in [0.25, 0.3) is 5.91 Å². The second-order valence-electron chi connectivity index (χ2n) is 4.66. The van der Waals surface area contributed by atoms with Gasteiger partial charge in [-0.2, -0.15) is 0 Å². The lowest BCUT2D eigenvalue weighted by molar-refractivity contribution is 0.0673. The summed E-state index contributed by atoms with van der Waals surface area (Å²) in [6.45, 7) is 5.75. The predicted molar refractivity (Wildman–Crippen MR) is 72.1 cm³/mol. The third kappa shape index (κ3) is 2.87. The number of hydrogen-bond donors (Lipinski definition) is 1. The maximum Gasteiger partial charge on any atom is 0.255 e. The summed E-state index contributed by atoms with van der Waals surface area (Å²) in [6.07, 6.45) is 0. The summed E-state index contributed by atoms with van der Waals surface area (Å²) in [5.74, 6) is 0.109. The molecule has 4 heteroatoms. The lowest BCUT2D eigenvalue weighted by Gasteiger charge is -2.36. The average Bonchev–Trinajstić information content (AvgIpc) is 2.27. The van der Waals surface area contributed by atoms with Gasteiger partial charge in [-0.15, -0.1) is 0 Å². The molecule has 0 aromatic heterocycles. The molecule has 2 rings (SSSR count). The Bertz CT molecular complexity index is 412. The lowest BCUT2D eigenvalue weighted by Crippen LogP contribution is -2.55. The zero-order valence-electron chi connectivity index (χ0n) is 10.1. The van der Waals surface area contributed by atoms with E-state index >= 15 is 0 Å². The van der Waals surface area contributed by atoms with Crippen molar-refractivity contribution in [3.63, 3.8) is 0 Å². The summed E-state index contributed by atoms with van der Waals surface area (Å²) in [6, 6.07) is 8.29. The average molecular weight is 297 g/mol. The quantitative estimate of drug-likeness (QED) is 0.862. The standard InChI is InChI=1S/C13H17BrN2O/c1-9-7-16(8-10(2)15-9)13(17)11-5-3-4-6-12(11)14/h3-6,9-10,15H,7-8H2,1-2H3. The van der Waals surface area contributed by atoms with E-state index in [9.17, 15) is 4.79 Å². The molecule has 1 saturated heterocycles. The van der Waals surface area contributed by atoms with Gasteiger partial charge in [-0.1, -0.05) is 12.1 Å². The van der Waals surface area contributed by atoms with E-state index in [-0.39, 0.29) is 5.91 Å². The summed E-state index contributed by atoms with van der Waals surface area (Å²) in [5, 5.41) is 3.42. The summed E-state index contributed by atoms with van der Waals surface area (Å²) in [7, 11) is 0. The van der Waals surface area contributed by atoms with Gasteiger partial charge < -0.3 is 10.2 Å². The summed E-state index contributed by atoms with van der Waals surface area (Å²) in [4.78, 5) is 14.3. The Morgan fingerprint density at radius 3 is 2.47 bits per heavy atom. The first kappa shape index (κ1) is 12.6. The Morgan fingerprint density at radius 2 is 1.88 bits per heavy atom. The number of halogens is 1. The van der Waals surface area contributed by atoms with E-state index in [4.69, 9.17) is 0 Å². The van der Waals surface area contributed by atoms with Crippen molar-refractivity contribution in [3.05, 3.63) is 34.3 Å². The van der Waals surface area contributed by atoms with Crippen molar-refractivity contribution in [2.75, 3.05) is 13.1 Å². The van der Waals surface area contributed by atoms with Crippen LogP contribution >= 0.6 is 15.9 Å². The highest BCUT2D eigenvalue weighted by Gasteiger charge is 2.26. The van der Waals surface area contributed by atoms with Crippen molar-refractivity contribution in [2.24, 2.45) is 0 Å². The summed E-state index contributed by atoms with van der Waals surface area (Å²) >= 11 is 3.43. The fraction of sp³-hybridized carbons (Fsp3) is 0.462. The second-order valence-corrected chi connectivity index (χ2v) is 5.51. The summed E-state index contributed by atoms with van der Waals surface area (Å²) < 4.78 is 0.865. The molecule has 1 aliphatic heterocycles. The first-order valence-corrected chi connectivity index (χ1v) is 6.67. The minimum Gasteiger partial charge on any atom is -0.336 e. The lowest BCUT2D eigenvalue weighted by atomic mass is 10.1. The van der Waals surface area contributed by atoms with Crippen LogP contribution in [0.15, 0.2) is 28.7 Å². The number of benzene rings is 1. The van der Waals surface area contributed by atoms with Crippen LogP contribution < -0.4 is 5.32 Å². The number of carbonyl (C=O) groups is 1. The van der Waals surface area contributed by atoms with Crippen LogP contribution in [0.25, 0.3) is 0 Å². The largest absolute Gasteiger partial charge is 0.336 e. The highest BCUT2D eigenvalue weighted by Crippen LogP contribution is 2.19. The maximum atomic E-state index is 12.4. The molecule has 3 nitrogen and oxygen atoms in total. The number of amides is 1. The topological polar surface area (TPSA) is 32.3 Å². The molecule has 92 valence electrons. The van der Waals surface area contributed by atoms with Crippen molar-refractivity contribution in [1.82, 2.24) is 10.2 Å². The molecule has 1 N–H and O–H groups in total. The molecule has 2 unspecified atom stereocenters. The van der Waals surface area contributed by atoms with Gasteiger partial charge in [0.1, 0.15) is 0 Å². The van der Waals surface area contributed by atoms with Crippen LogP contribution in [0, 0.1) is 0 Å². The molecular weight excluding hydrogens is 280 g/mol. The van der Waals surface area contributed by atoms with Crippen molar-refractivity contribution >= 4 is 21.8 Å². The molecule has 0 bridgehead atoms. The van der Waals surface area contributed by atoms with Crippen molar-refractivity contribution in [3.8, 4) is 0 Å². The Morgan fingerprint density at radius 1 is 1.29 bits per heavy atom. The third-order valence-electron chi connectivity index (χ3n) is 2.95. The molecule has 0 aliphatic carbocycles. The van der Waals surface area contributed by atoms with E-state index in [1.54, 1.807) is 0 Å². The minimum atomic E-state index is 0.109. The highest BCUT2D eigenvalue weighted by molar-refractivity contribution is 9.10. The first-order valence-electron chi connectivity index (χ1n) is 5.88. The van der Waals surface area contributed by atoms with E-state index in [0.717, 1.165) is 23.1 Å². The molecule has 1 aliphatic rings. The maximum absolute atomic E-state index is 12.4. The van der Waals surface area contributed by atoms with E-state index in [2.05, 4.69) is 35.1 Å². The molecule has 1 aromatic rings. The second kappa shape index (κ2) is 5.19. The third-order valence-corrected chi connectivity index (χ3v) is 3.64. The number of piperazine rings is 1. The van der Waals surface area contributed by atoms with Crippen LogP contribution in [-0.2, 0) is 0 Å². The molecule has 2 atom stereocenters. The number of nitrogens with one attached hydrogen (secondary N) is 1. The van der Waals surface area contributed by atoms with Crippen LogP contribution in [0.3, 0.4) is 0 Å². The SMILES string of the molecule is CC1CN(C(=O)c2ccccc2Br)CC(C)N1. The van der Waals surface area contributed by atoms with Crippen LogP contribution in [0.4, 0.5) is 0 Å². The van der Waals surface area contributed by atoms with Crippen LogP contribution in [0.2, 0.25) is 0 Å². The molecule has 0 spiro atoms. The van der Waals surface area contributed by atoms with Gasteiger partial charge in [0.05, 0.1) is 5.56 Å². The molecule has 0 radical (unpaired) electrons. The van der Waals surface area contributed by atoms with Gasteiger partial charge >= 0.3 is 0 Å². The zero-order chi connectivity index (χ0) is 12.4. The van der Waals surface area contributed by atoms with E-state index in [0.29, 0.717) is 12.1 Å². The number of carbonyl (C=O) groups excluding carboxylic acids is 1. The van der Waals surface area contributed by atoms with Crippen LogP contribution in [0.1, 0.15) is 24.2 Å². The van der Waals surface area contributed by atoms with Crippen LogP contribution in [-0.4, -0.2) is 36.0 Å². The monoisotopic (exact) mass is 296 g/mol. The highest BCUT2D eigenvalue weighted by atomic mass is 79.9. The predicted octanol–water partition coefficient (Wildman–Crippen LogP) is 2.27. The fourth-order valence-corrected chi connectivity index (χ4v) is 2.75. The smallest absolute Gasteiger partial charge is 0.255 e. The molecule has 1 aromatic carbocycles. The molecule has 17 heavy (non-hydrogen) atoms. The van der Waals surface area contributed by atoms with Gasteiger partial charge in [0.15, 0.2) is 0 Å². The van der Waals surface area contributed by atoms with Crippen molar-refractivity contribution in [2.45, 2.75) is 25.9 Å². The fourth-order valence-electron chi connectivity index (χ4n) is 2.30. The van der Waals surface area contributed by atoms with E-state index in [1.165, 1.54) is 0 Å². The Balaban J connectivity index is 2.17. The van der Waals surface area contributed by atoms with Gasteiger partial charge in [-0.05, 0) is 41.9 Å². The van der Waals surface area contributed by atoms with Gasteiger partial charge in [-0.25, -0.2) is 0 Å². The van der Waals surface area contributed by atoms with E-state index in [1.807, 2.05) is 29.2 Å². The summed E-state index contributed by atoms with van der Waals surface area (Å²) in [5.41, 5.74) is 0.744. The normalized spacial score (nSPS) is 24.8. The molecule has 1 heterocycles. The number of hydrogen-bond acceptors (Lipinski definition) is 2. The minimum absolute atomic E-state index is 0.109. The van der Waals surface area contributed by atoms with Gasteiger partial charge in [0, 0.05) is 29.6 Å². The Labute approximate surface area is 110 Å².